The molecule has 0 aromatic heterocycles. The minimum atomic E-state index is 0.0679. The highest BCUT2D eigenvalue weighted by molar-refractivity contribution is 5.77. The lowest BCUT2D eigenvalue weighted by atomic mass is 10.0. The summed E-state index contributed by atoms with van der Waals surface area (Å²) in [6.45, 7) is 8.92. The molecule has 1 N–H and O–H groups in total. The van der Waals surface area contributed by atoms with Gasteiger partial charge < -0.3 is 5.32 Å². The molecule has 1 aromatic carbocycles. The molecule has 0 saturated heterocycles. The summed E-state index contributed by atoms with van der Waals surface area (Å²) >= 11 is 0. The Morgan fingerprint density at radius 3 is 2.18 bits per heavy atom. The molecule has 1 amide bonds. The van der Waals surface area contributed by atoms with Crippen molar-refractivity contribution >= 4 is 5.91 Å². The summed E-state index contributed by atoms with van der Waals surface area (Å²) in [5.74, 6) is 0.770. The van der Waals surface area contributed by atoms with Gasteiger partial charge in [-0.05, 0) is 23.5 Å². The SMILES string of the molecule is CC(C)C(=O)NCCc1ccc(C(C)C)cc1. The molecular weight excluding hydrogens is 210 g/mol. The van der Waals surface area contributed by atoms with E-state index in [9.17, 15) is 4.79 Å². The summed E-state index contributed by atoms with van der Waals surface area (Å²) in [4.78, 5) is 11.4. The van der Waals surface area contributed by atoms with Gasteiger partial charge in [0.25, 0.3) is 0 Å². The lowest BCUT2D eigenvalue weighted by Gasteiger charge is -2.09. The van der Waals surface area contributed by atoms with Gasteiger partial charge in [-0.15, -0.1) is 0 Å². The predicted octanol–water partition coefficient (Wildman–Crippen LogP) is 3.12. The van der Waals surface area contributed by atoms with Crippen LogP contribution in [0.3, 0.4) is 0 Å². The van der Waals surface area contributed by atoms with Gasteiger partial charge in [-0.25, -0.2) is 0 Å². The van der Waals surface area contributed by atoms with E-state index >= 15 is 0 Å². The number of nitrogens with one attached hydrogen (secondary N) is 1. The molecule has 0 atom stereocenters. The summed E-state index contributed by atoms with van der Waals surface area (Å²) in [6.07, 6.45) is 0.900. The quantitative estimate of drug-likeness (QED) is 0.831. The van der Waals surface area contributed by atoms with Crippen molar-refractivity contribution < 1.29 is 4.79 Å². The van der Waals surface area contributed by atoms with Crippen molar-refractivity contribution in [3.63, 3.8) is 0 Å². The van der Waals surface area contributed by atoms with Crippen LogP contribution >= 0.6 is 0 Å². The van der Waals surface area contributed by atoms with Gasteiger partial charge in [0.2, 0.25) is 5.91 Å². The third kappa shape index (κ3) is 4.59. The summed E-state index contributed by atoms with van der Waals surface area (Å²) < 4.78 is 0. The van der Waals surface area contributed by atoms with Gasteiger partial charge in [0.15, 0.2) is 0 Å². The van der Waals surface area contributed by atoms with Crippen molar-refractivity contribution in [1.29, 1.82) is 0 Å². The number of carbonyl (C=O) groups is 1. The first-order valence-corrected chi connectivity index (χ1v) is 6.37. The summed E-state index contributed by atoms with van der Waals surface area (Å²) in [5.41, 5.74) is 2.64. The van der Waals surface area contributed by atoms with E-state index in [1.165, 1.54) is 11.1 Å². The molecule has 0 aliphatic carbocycles. The zero-order valence-corrected chi connectivity index (χ0v) is 11.3. The fraction of sp³-hybridized carbons (Fsp3) is 0.533. The highest BCUT2D eigenvalue weighted by Gasteiger charge is 2.05. The number of hydrogen-bond acceptors (Lipinski definition) is 1. The Morgan fingerprint density at radius 1 is 1.12 bits per heavy atom. The van der Waals surface area contributed by atoms with Crippen molar-refractivity contribution in [3.05, 3.63) is 35.4 Å². The molecule has 94 valence electrons. The number of carbonyl (C=O) groups excluding carboxylic acids is 1. The second-order valence-corrected chi connectivity index (χ2v) is 5.09. The average Bonchev–Trinajstić information content (AvgIpc) is 2.29. The van der Waals surface area contributed by atoms with E-state index in [0.717, 1.165) is 13.0 Å². The summed E-state index contributed by atoms with van der Waals surface area (Å²) in [6, 6.07) is 8.64. The van der Waals surface area contributed by atoms with Crippen molar-refractivity contribution in [2.24, 2.45) is 5.92 Å². The first-order valence-electron chi connectivity index (χ1n) is 6.37. The van der Waals surface area contributed by atoms with Crippen LogP contribution in [0.25, 0.3) is 0 Å². The molecule has 0 bridgehead atoms. The van der Waals surface area contributed by atoms with Crippen LogP contribution in [0.2, 0.25) is 0 Å². The van der Waals surface area contributed by atoms with E-state index in [1.54, 1.807) is 0 Å². The Kier molecular flexibility index (Phi) is 5.20. The fourth-order valence-corrected chi connectivity index (χ4v) is 1.60. The molecule has 0 radical (unpaired) electrons. The smallest absolute Gasteiger partial charge is 0.222 e. The van der Waals surface area contributed by atoms with Gasteiger partial charge in [0, 0.05) is 12.5 Å². The molecule has 17 heavy (non-hydrogen) atoms. The molecule has 1 aromatic rings. The van der Waals surface area contributed by atoms with Crippen LogP contribution < -0.4 is 5.32 Å². The van der Waals surface area contributed by atoms with Crippen LogP contribution in [0.15, 0.2) is 24.3 Å². The van der Waals surface area contributed by atoms with Crippen LogP contribution in [0.1, 0.15) is 44.7 Å². The van der Waals surface area contributed by atoms with Crippen molar-refractivity contribution in [2.45, 2.75) is 40.0 Å². The molecule has 0 unspecified atom stereocenters. The molecule has 0 heterocycles. The predicted molar refractivity (Wildman–Crippen MR) is 72.1 cm³/mol. The molecule has 2 heteroatoms. The third-order valence-electron chi connectivity index (χ3n) is 2.88. The van der Waals surface area contributed by atoms with Crippen LogP contribution in [0, 0.1) is 5.92 Å². The van der Waals surface area contributed by atoms with Crippen LogP contribution in [-0.2, 0) is 11.2 Å². The number of benzene rings is 1. The second kappa shape index (κ2) is 6.43. The molecule has 1 rings (SSSR count). The highest BCUT2D eigenvalue weighted by atomic mass is 16.1. The lowest BCUT2D eigenvalue weighted by Crippen LogP contribution is -2.29. The van der Waals surface area contributed by atoms with Gasteiger partial charge in [0.05, 0.1) is 0 Å². The largest absolute Gasteiger partial charge is 0.356 e. The highest BCUT2D eigenvalue weighted by Crippen LogP contribution is 2.14. The maximum Gasteiger partial charge on any atom is 0.222 e. The molecule has 0 spiro atoms. The van der Waals surface area contributed by atoms with Crippen molar-refractivity contribution in [2.75, 3.05) is 6.54 Å². The van der Waals surface area contributed by atoms with Gasteiger partial charge in [-0.3, -0.25) is 4.79 Å². The van der Waals surface area contributed by atoms with Crippen molar-refractivity contribution in [3.8, 4) is 0 Å². The average molecular weight is 233 g/mol. The minimum absolute atomic E-state index is 0.0679. The first kappa shape index (κ1) is 13.8. The Balaban J connectivity index is 2.40. The Bertz CT molecular complexity index is 352. The summed E-state index contributed by atoms with van der Waals surface area (Å²) in [5, 5.41) is 2.93. The van der Waals surface area contributed by atoms with E-state index in [4.69, 9.17) is 0 Å². The standard InChI is InChI=1S/C15H23NO/c1-11(2)14-7-5-13(6-8-14)9-10-16-15(17)12(3)4/h5-8,11-12H,9-10H2,1-4H3,(H,16,17). The van der Waals surface area contributed by atoms with Gasteiger partial charge in [-0.2, -0.15) is 0 Å². The number of amides is 1. The molecule has 0 aliphatic heterocycles. The zero-order chi connectivity index (χ0) is 12.8. The minimum Gasteiger partial charge on any atom is -0.356 e. The number of rotatable bonds is 5. The molecule has 0 fully saturated rings. The summed E-state index contributed by atoms with van der Waals surface area (Å²) in [7, 11) is 0. The van der Waals surface area contributed by atoms with Gasteiger partial charge in [0.1, 0.15) is 0 Å². The Hall–Kier alpha value is -1.31. The van der Waals surface area contributed by atoms with Crippen LogP contribution in [0.5, 0.6) is 0 Å². The maximum absolute atomic E-state index is 11.4. The van der Waals surface area contributed by atoms with Gasteiger partial charge in [-0.1, -0.05) is 52.0 Å². The third-order valence-corrected chi connectivity index (χ3v) is 2.88. The van der Waals surface area contributed by atoms with Crippen LogP contribution in [0.4, 0.5) is 0 Å². The van der Waals surface area contributed by atoms with E-state index < -0.39 is 0 Å². The second-order valence-electron chi connectivity index (χ2n) is 5.09. The first-order chi connectivity index (χ1) is 8.00. The molecule has 0 saturated carbocycles. The monoisotopic (exact) mass is 233 g/mol. The maximum atomic E-state index is 11.4. The van der Waals surface area contributed by atoms with Crippen molar-refractivity contribution in [1.82, 2.24) is 5.32 Å². The molecule has 0 aliphatic rings. The van der Waals surface area contributed by atoms with E-state index in [0.29, 0.717) is 5.92 Å². The van der Waals surface area contributed by atoms with Gasteiger partial charge >= 0.3 is 0 Å². The zero-order valence-electron chi connectivity index (χ0n) is 11.3. The molecule has 2 nitrogen and oxygen atoms in total. The topological polar surface area (TPSA) is 29.1 Å². The van der Waals surface area contributed by atoms with Crippen LogP contribution in [-0.4, -0.2) is 12.5 Å². The van der Waals surface area contributed by atoms with E-state index in [2.05, 4.69) is 43.4 Å². The Labute approximate surface area is 104 Å². The normalized spacial score (nSPS) is 10.9. The Morgan fingerprint density at radius 2 is 1.71 bits per heavy atom. The fourth-order valence-electron chi connectivity index (χ4n) is 1.60. The van der Waals surface area contributed by atoms with E-state index in [1.807, 2.05) is 13.8 Å². The lowest BCUT2D eigenvalue weighted by molar-refractivity contribution is -0.123. The molecular formula is C15H23NO. The number of hydrogen-bond donors (Lipinski definition) is 1. The van der Waals surface area contributed by atoms with E-state index in [-0.39, 0.29) is 11.8 Å².